The first kappa shape index (κ1) is 19.4. The molecule has 1 aromatic rings. The minimum Gasteiger partial charge on any atom is -0.496 e. The van der Waals surface area contributed by atoms with Crippen molar-refractivity contribution in [1.29, 1.82) is 0 Å². The van der Waals surface area contributed by atoms with Gasteiger partial charge in [0.05, 0.1) is 14.2 Å². The average Bonchev–Trinajstić information content (AvgIpc) is 2.67. The number of carbonyl (C=O) groups excluding carboxylic acids is 1. The molecule has 6 nitrogen and oxygen atoms in total. The first-order valence-corrected chi connectivity index (χ1v) is 9.50. The van der Waals surface area contributed by atoms with Crippen LogP contribution in [0.5, 0.6) is 5.75 Å². The number of aliphatic imine (C=N–C) groups is 1. The van der Waals surface area contributed by atoms with E-state index in [9.17, 15) is 4.79 Å². The topological polar surface area (TPSA) is 63.2 Å². The fraction of sp³-hybridized carbons (Fsp3) is 0.556. The maximum Gasteiger partial charge on any atom is 0.341 e. The van der Waals surface area contributed by atoms with Crippen LogP contribution in [0.3, 0.4) is 0 Å². The van der Waals surface area contributed by atoms with Gasteiger partial charge in [0.25, 0.3) is 0 Å². The summed E-state index contributed by atoms with van der Waals surface area (Å²) < 4.78 is 10.1. The second kappa shape index (κ2) is 9.56. The van der Waals surface area contributed by atoms with Crippen LogP contribution in [0.2, 0.25) is 0 Å². The van der Waals surface area contributed by atoms with Crippen LogP contribution in [0.1, 0.15) is 29.3 Å². The van der Waals surface area contributed by atoms with Gasteiger partial charge in [0, 0.05) is 37.7 Å². The molecule has 1 aromatic carbocycles. The molecule has 1 atom stereocenters. The molecule has 0 bridgehead atoms. The largest absolute Gasteiger partial charge is 0.496 e. The molecule has 1 saturated heterocycles. The fourth-order valence-corrected chi connectivity index (χ4v) is 3.99. The summed E-state index contributed by atoms with van der Waals surface area (Å²) >= 11 is 2.03. The predicted octanol–water partition coefficient (Wildman–Crippen LogP) is 2.38. The molecule has 1 fully saturated rings. The maximum absolute atomic E-state index is 11.9. The Kier molecular flexibility index (Phi) is 7.43. The van der Waals surface area contributed by atoms with E-state index in [2.05, 4.69) is 22.1 Å². The van der Waals surface area contributed by atoms with Gasteiger partial charge >= 0.3 is 5.97 Å². The normalized spacial score (nSPS) is 18.0. The van der Waals surface area contributed by atoms with Crippen molar-refractivity contribution in [2.45, 2.75) is 25.1 Å². The smallest absolute Gasteiger partial charge is 0.341 e. The Morgan fingerprint density at radius 2 is 2.24 bits per heavy atom. The number of methoxy groups -OCH3 is 2. The van der Waals surface area contributed by atoms with E-state index < -0.39 is 5.97 Å². The molecule has 0 saturated carbocycles. The Bertz CT molecular complexity index is 622. The molecule has 1 heterocycles. The van der Waals surface area contributed by atoms with Gasteiger partial charge < -0.3 is 19.7 Å². The summed E-state index contributed by atoms with van der Waals surface area (Å²) in [6.07, 6.45) is 1.17. The van der Waals surface area contributed by atoms with E-state index in [1.54, 1.807) is 26.3 Å². The lowest BCUT2D eigenvalue weighted by Crippen LogP contribution is -2.47. The minimum absolute atomic E-state index is 0.401. The van der Waals surface area contributed by atoms with Crippen molar-refractivity contribution >= 4 is 23.7 Å². The van der Waals surface area contributed by atoms with Crippen LogP contribution in [0, 0.1) is 0 Å². The molecule has 0 amide bonds. The highest BCUT2D eigenvalue weighted by molar-refractivity contribution is 8.00. The number of ether oxygens (including phenoxy) is 2. The molecule has 1 aliphatic rings. The van der Waals surface area contributed by atoms with Crippen molar-refractivity contribution < 1.29 is 14.3 Å². The van der Waals surface area contributed by atoms with Crippen molar-refractivity contribution in [3.05, 3.63) is 29.3 Å². The summed E-state index contributed by atoms with van der Waals surface area (Å²) in [4.78, 5) is 18.6. The van der Waals surface area contributed by atoms with Gasteiger partial charge in [0.1, 0.15) is 11.3 Å². The highest BCUT2D eigenvalue weighted by Crippen LogP contribution is 2.22. The number of benzene rings is 1. The lowest BCUT2D eigenvalue weighted by molar-refractivity contribution is 0.0597. The van der Waals surface area contributed by atoms with E-state index in [0.29, 0.717) is 23.1 Å². The molecule has 2 rings (SSSR count). The third-order valence-corrected chi connectivity index (χ3v) is 5.60. The van der Waals surface area contributed by atoms with E-state index in [0.717, 1.165) is 30.4 Å². The number of thioether (sulfide) groups is 1. The lowest BCUT2D eigenvalue weighted by Gasteiger charge is -2.34. The molecule has 7 heteroatoms. The van der Waals surface area contributed by atoms with Gasteiger partial charge in [-0.15, -0.1) is 0 Å². The van der Waals surface area contributed by atoms with Gasteiger partial charge in [-0.25, -0.2) is 4.79 Å². The lowest BCUT2D eigenvalue weighted by atomic mass is 10.1. The van der Waals surface area contributed by atoms with Gasteiger partial charge in [0.15, 0.2) is 5.96 Å². The number of nitrogens with one attached hydrogen (secondary N) is 1. The molecule has 0 radical (unpaired) electrons. The van der Waals surface area contributed by atoms with Crippen LogP contribution < -0.4 is 10.1 Å². The van der Waals surface area contributed by atoms with Crippen molar-refractivity contribution in [1.82, 2.24) is 10.2 Å². The highest BCUT2D eigenvalue weighted by atomic mass is 32.2. The standard InChI is InChI=1S/C18H27N3O3S/c1-5-14-12-21(8-9-25-14)18(19-2)20-11-13-6-7-16(23-3)15(10-13)17(22)24-4/h6-7,10,14H,5,8-9,11-12H2,1-4H3,(H,19,20). The fourth-order valence-electron chi connectivity index (χ4n) is 2.81. The van der Waals surface area contributed by atoms with Crippen LogP contribution in [0.25, 0.3) is 0 Å². The number of hydrogen-bond donors (Lipinski definition) is 1. The van der Waals surface area contributed by atoms with Gasteiger partial charge in [0.2, 0.25) is 0 Å². The van der Waals surface area contributed by atoms with Crippen molar-refractivity contribution in [3.63, 3.8) is 0 Å². The van der Waals surface area contributed by atoms with Gasteiger partial charge in [-0.05, 0) is 24.1 Å². The minimum atomic E-state index is -0.401. The summed E-state index contributed by atoms with van der Waals surface area (Å²) in [6.45, 7) is 4.82. The van der Waals surface area contributed by atoms with Crippen LogP contribution in [0.15, 0.2) is 23.2 Å². The molecule has 0 aliphatic carbocycles. The molecule has 1 aliphatic heterocycles. The summed E-state index contributed by atoms with van der Waals surface area (Å²) in [6, 6.07) is 5.52. The van der Waals surface area contributed by atoms with Gasteiger partial charge in [-0.2, -0.15) is 11.8 Å². The summed E-state index contributed by atoms with van der Waals surface area (Å²) in [7, 11) is 4.71. The molecule has 138 valence electrons. The Morgan fingerprint density at radius 3 is 2.88 bits per heavy atom. The Hall–Kier alpha value is -1.89. The SMILES string of the molecule is CCC1CN(C(=NC)NCc2ccc(OC)c(C(=O)OC)c2)CCS1. The molecule has 1 unspecified atom stereocenters. The average molecular weight is 365 g/mol. The Morgan fingerprint density at radius 1 is 1.44 bits per heavy atom. The number of nitrogens with zero attached hydrogens (tertiary/aromatic N) is 2. The number of guanidine groups is 1. The quantitative estimate of drug-likeness (QED) is 0.491. The molecule has 0 aromatic heterocycles. The van der Waals surface area contributed by atoms with E-state index in [-0.39, 0.29) is 0 Å². The number of esters is 1. The van der Waals surface area contributed by atoms with Gasteiger partial charge in [-0.1, -0.05) is 13.0 Å². The second-order valence-electron chi connectivity index (χ2n) is 5.77. The van der Waals surface area contributed by atoms with Crippen LogP contribution in [-0.2, 0) is 11.3 Å². The molecular weight excluding hydrogens is 338 g/mol. The van der Waals surface area contributed by atoms with Crippen LogP contribution in [0.4, 0.5) is 0 Å². The van der Waals surface area contributed by atoms with E-state index in [1.807, 2.05) is 17.8 Å². The summed E-state index contributed by atoms with van der Waals surface area (Å²) in [5.41, 5.74) is 1.40. The summed E-state index contributed by atoms with van der Waals surface area (Å²) in [5.74, 6) is 2.13. The van der Waals surface area contributed by atoms with E-state index in [1.165, 1.54) is 13.5 Å². The van der Waals surface area contributed by atoms with Crippen molar-refractivity contribution in [3.8, 4) is 5.75 Å². The third kappa shape index (κ3) is 5.04. The highest BCUT2D eigenvalue weighted by Gasteiger charge is 2.21. The monoisotopic (exact) mass is 365 g/mol. The van der Waals surface area contributed by atoms with E-state index in [4.69, 9.17) is 9.47 Å². The maximum atomic E-state index is 11.9. The van der Waals surface area contributed by atoms with Crippen molar-refractivity contribution in [2.75, 3.05) is 40.1 Å². The number of rotatable bonds is 5. The van der Waals surface area contributed by atoms with Gasteiger partial charge in [-0.3, -0.25) is 4.99 Å². The van der Waals surface area contributed by atoms with Crippen LogP contribution in [-0.4, -0.2) is 62.2 Å². The molecule has 1 N–H and O–H groups in total. The Balaban J connectivity index is 2.05. The Labute approximate surface area is 154 Å². The number of carbonyl (C=O) groups is 1. The zero-order valence-corrected chi connectivity index (χ0v) is 16.2. The second-order valence-corrected chi connectivity index (χ2v) is 7.18. The summed E-state index contributed by atoms with van der Waals surface area (Å²) in [5, 5.41) is 4.05. The first-order valence-electron chi connectivity index (χ1n) is 8.45. The van der Waals surface area contributed by atoms with Crippen molar-refractivity contribution in [2.24, 2.45) is 4.99 Å². The molecular formula is C18H27N3O3S. The zero-order valence-electron chi connectivity index (χ0n) is 15.4. The first-order chi connectivity index (χ1) is 12.1. The van der Waals surface area contributed by atoms with E-state index >= 15 is 0 Å². The molecule has 25 heavy (non-hydrogen) atoms. The van der Waals surface area contributed by atoms with Crippen LogP contribution >= 0.6 is 11.8 Å². The molecule has 0 spiro atoms. The zero-order chi connectivity index (χ0) is 18.2. The predicted molar refractivity (Wildman–Crippen MR) is 103 cm³/mol. The number of hydrogen-bond acceptors (Lipinski definition) is 5. The third-order valence-electron chi connectivity index (χ3n) is 4.23.